The normalized spacial score (nSPS) is 25.0. The van der Waals surface area contributed by atoms with Crippen LogP contribution in [-0.2, 0) is 4.74 Å². The minimum Gasteiger partial charge on any atom is -0.444 e. The molecule has 0 N–H and O–H groups in total. The number of rotatable bonds is 0. The van der Waals surface area contributed by atoms with Crippen LogP contribution in [0.5, 0.6) is 0 Å². The summed E-state index contributed by atoms with van der Waals surface area (Å²) >= 11 is 0. The first-order valence-electron chi connectivity index (χ1n) is 8.31. The molecule has 2 heterocycles. The zero-order chi connectivity index (χ0) is 16.5. The lowest BCUT2D eigenvalue weighted by Crippen LogP contribution is -2.44. The van der Waals surface area contributed by atoms with E-state index in [1.54, 1.807) is 0 Å². The monoisotopic (exact) mass is 319 g/mol. The molecule has 2 unspecified atom stereocenters. The van der Waals surface area contributed by atoms with Gasteiger partial charge in [-0.1, -0.05) is 31.6 Å². The average Bonchev–Trinajstić information content (AvgIpc) is 2.62. The highest BCUT2D eigenvalue weighted by molar-refractivity contribution is 6.83. The lowest BCUT2D eigenvalue weighted by molar-refractivity contribution is 0.0175. The van der Waals surface area contributed by atoms with Crippen LogP contribution in [0.15, 0.2) is 11.6 Å². The number of amides is 1. The summed E-state index contributed by atoms with van der Waals surface area (Å²) in [6, 6.07) is 0.425. The summed E-state index contributed by atoms with van der Waals surface area (Å²) < 4.78 is 5.63. The third-order valence-corrected chi connectivity index (χ3v) is 4.79. The van der Waals surface area contributed by atoms with Crippen molar-refractivity contribution in [1.29, 1.82) is 0 Å². The fourth-order valence-corrected chi connectivity index (χ4v) is 3.54. The Morgan fingerprint density at radius 1 is 1.27 bits per heavy atom. The van der Waals surface area contributed by atoms with Gasteiger partial charge in [0.15, 0.2) is 0 Å². The molecule has 2 aliphatic heterocycles. The topological polar surface area (TPSA) is 29.5 Å². The Bertz CT molecular complexity index is 528. The molecule has 0 aliphatic carbocycles. The van der Waals surface area contributed by atoms with E-state index in [1.807, 2.05) is 25.7 Å². The van der Waals surface area contributed by atoms with Crippen molar-refractivity contribution in [2.75, 3.05) is 0 Å². The Labute approximate surface area is 136 Å². The molecule has 2 bridgehead atoms. The van der Waals surface area contributed by atoms with Gasteiger partial charge in [-0.3, -0.25) is 4.90 Å². The maximum Gasteiger partial charge on any atom is 0.411 e. The van der Waals surface area contributed by atoms with Crippen LogP contribution in [0.4, 0.5) is 4.79 Å². The van der Waals surface area contributed by atoms with E-state index in [0.29, 0.717) is 6.04 Å². The number of allylic oxidation sites excluding steroid dienone is 1. The molecule has 0 aromatic carbocycles. The quantitative estimate of drug-likeness (QED) is 0.490. The van der Waals surface area contributed by atoms with Crippen molar-refractivity contribution in [3.63, 3.8) is 0 Å². The smallest absolute Gasteiger partial charge is 0.411 e. The number of fused-ring (bicyclic) bond motifs is 2. The standard InChI is InChI=1S/C18H29NO2Si/c1-18(2,3)21-17(20)19-15-9-7-8-14(16(19)11-10-15)12-13-22(4,5)6/h8,15-16H,7,9-11H2,1-6H3. The average molecular weight is 320 g/mol. The summed E-state index contributed by atoms with van der Waals surface area (Å²) in [6.45, 7) is 12.5. The van der Waals surface area contributed by atoms with Gasteiger partial charge < -0.3 is 4.74 Å². The Hall–Kier alpha value is -1.21. The lowest BCUT2D eigenvalue weighted by Gasteiger charge is -2.31. The van der Waals surface area contributed by atoms with Crippen molar-refractivity contribution >= 4 is 14.2 Å². The van der Waals surface area contributed by atoms with E-state index in [9.17, 15) is 4.79 Å². The maximum absolute atomic E-state index is 12.6. The SMILES string of the molecule is CC(C)(C)OC(=O)N1C2CCC=C(C#C[Si](C)(C)C)C1CC2. The number of ether oxygens (including phenoxy) is 1. The van der Waals surface area contributed by atoms with Gasteiger partial charge in [-0.15, -0.1) is 5.54 Å². The van der Waals surface area contributed by atoms with Crippen molar-refractivity contribution in [1.82, 2.24) is 4.90 Å². The van der Waals surface area contributed by atoms with Crippen LogP contribution in [0.25, 0.3) is 0 Å². The maximum atomic E-state index is 12.6. The molecule has 0 saturated carbocycles. The van der Waals surface area contributed by atoms with Crippen LogP contribution < -0.4 is 0 Å². The molecule has 2 atom stereocenters. The third kappa shape index (κ3) is 4.39. The van der Waals surface area contributed by atoms with Crippen molar-refractivity contribution in [3.05, 3.63) is 11.6 Å². The Balaban J connectivity index is 2.23. The summed E-state index contributed by atoms with van der Waals surface area (Å²) in [5.74, 6) is 3.40. The van der Waals surface area contributed by atoms with E-state index in [1.165, 1.54) is 0 Å². The van der Waals surface area contributed by atoms with Crippen LogP contribution in [0, 0.1) is 11.5 Å². The second-order valence-electron chi connectivity index (χ2n) is 8.37. The number of hydrogen-bond donors (Lipinski definition) is 0. The zero-order valence-electron chi connectivity index (χ0n) is 14.8. The van der Waals surface area contributed by atoms with Gasteiger partial charge in [0.2, 0.25) is 0 Å². The Morgan fingerprint density at radius 2 is 1.95 bits per heavy atom. The Kier molecular flexibility index (Phi) is 4.77. The van der Waals surface area contributed by atoms with Gasteiger partial charge in [0.25, 0.3) is 0 Å². The van der Waals surface area contributed by atoms with Crippen LogP contribution in [0.2, 0.25) is 19.6 Å². The molecule has 122 valence electrons. The fraction of sp³-hybridized carbons (Fsp3) is 0.722. The van der Waals surface area contributed by atoms with Crippen molar-refractivity contribution in [3.8, 4) is 11.5 Å². The minimum absolute atomic E-state index is 0.117. The van der Waals surface area contributed by atoms with Crippen LogP contribution in [0.3, 0.4) is 0 Å². The van der Waals surface area contributed by atoms with Gasteiger partial charge in [0.1, 0.15) is 13.7 Å². The first-order valence-corrected chi connectivity index (χ1v) is 11.8. The summed E-state index contributed by atoms with van der Waals surface area (Å²) in [7, 11) is -1.41. The molecule has 0 radical (unpaired) electrons. The first-order chi connectivity index (χ1) is 10.1. The molecule has 1 amide bonds. The number of carbonyl (C=O) groups excluding carboxylic acids is 1. The molecule has 3 nitrogen and oxygen atoms in total. The third-order valence-electron chi connectivity index (χ3n) is 3.91. The second-order valence-corrected chi connectivity index (χ2v) is 13.1. The van der Waals surface area contributed by atoms with E-state index in [0.717, 1.165) is 31.3 Å². The van der Waals surface area contributed by atoms with Gasteiger partial charge in [0.05, 0.1) is 6.04 Å². The summed E-state index contributed by atoms with van der Waals surface area (Å²) in [5.41, 5.74) is 4.14. The molecule has 2 aliphatic rings. The van der Waals surface area contributed by atoms with Gasteiger partial charge in [-0.05, 0) is 46.5 Å². The van der Waals surface area contributed by atoms with Crippen LogP contribution in [0.1, 0.15) is 46.5 Å². The highest BCUT2D eigenvalue weighted by Crippen LogP contribution is 2.35. The van der Waals surface area contributed by atoms with Gasteiger partial charge in [-0.25, -0.2) is 4.79 Å². The van der Waals surface area contributed by atoms with Crippen molar-refractivity contribution in [2.24, 2.45) is 0 Å². The van der Waals surface area contributed by atoms with E-state index in [2.05, 4.69) is 37.2 Å². The van der Waals surface area contributed by atoms with E-state index < -0.39 is 13.7 Å². The predicted octanol–water partition coefficient (Wildman–Crippen LogP) is 4.36. The Morgan fingerprint density at radius 3 is 2.55 bits per heavy atom. The molecular formula is C18H29NO2Si. The van der Waals surface area contributed by atoms with Crippen molar-refractivity contribution < 1.29 is 9.53 Å². The molecule has 2 rings (SSSR count). The van der Waals surface area contributed by atoms with Crippen LogP contribution >= 0.6 is 0 Å². The van der Waals surface area contributed by atoms with E-state index in [-0.39, 0.29) is 12.1 Å². The van der Waals surface area contributed by atoms with Crippen LogP contribution in [-0.4, -0.2) is 36.8 Å². The molecule has 0 spiro atoms. The van der Waals surface area contributed by atoms with Gasteiger partial charge >= 0.3 is 6.09 Å². The molecule has 4 heteroatoms. The highest BCUT2D eigenvalue weighted by Gasteiger charge is 2.41. The molecule has 1 saturated heterocycles. The molecule has 0 aromatic heterocycles. The fourth-order valence-electron chi connectivity index (χ4n) is 3.02. The molecule has 1 fully saturated rings. The molecule has 0 aromatic rings. The summed E-state index contributed by atoms with van der Waals surface area (Å²) in [5, 5.41) is 0. The number of hydrogen-bond acceptors (Lipinski definition) is 2. The minimum atomic E-state index is -1.41. The van der Waals surface area contributed by atoms with E-state index in [4.69, 9.17) is 4.74 Å². The first kappa shape index (κ1) is 17.1. The van der Waals surface area contributed by atoms with Crippen molar-refractivity contribution in [2.45, 2.75) is 83.8 Å². The summed E-state index contributed by atoms with van der Waals surface area (Å²) in [6.07, 6.45) is 6.17. The second kappa shape index (κ2) is 6.12. The largest absolute Gasteiger partial charge is 0.444 e. The van der Waals surface area contributed by atoms with Gasteiger partial charge in [-0.2, -0.15) is 0 Å². The summed E-state index contributed by atoms with van der Waals surface area (Å²) in [4.78, 5) is 14.6. The zero-order valence-corrected chi connectivity index (χ0v) is 15.8. The lowest BCUT2D eigenvalue weighted by atomic mass is 10.0. The molecule has 22 heavy (non-hydrogen) atoms. The number of nitrogens with zero attached hydrogens (tertiary/aromatic N) is 1. The van der Waals surface area contributed by atoms with Gasteiger partial charge in [0, 0.05) is 11.6 Å². The highest BCUT2D eigenvalue weighted by atomic mass is 28.3. The van der Waals surface area contributed by atoms with E-state index >= 15 is 0 Å². The number of carbonyl (C=O) groups is 1. The molecular weight excluding hydrogens is 290 g/mol. The predicted molar refractivity (Wildman–Crippen MR) is 93.3 cm³/mol.